The van der Waals surface area contributed by atoms with Gasteiger partial charge in [-0.25, -0.2) is 0 Å². The van der Waals surface area contributed by atoms with Crippen molar-refractivity contribution in [3.63, 3.8) is 0 Å². The Morgan fingerprint density at radius 2 is 1.46 bits per heavy atom. The first-order valence-electron chi connectivity index (χ1n) is 15.1. The second-order valence-corrected chi connectivity index (χ2v) is 12.2. The molecular weight excluding hydrogens is 598 g/mol. The van der Waals surface area contributed by atoms with E-state index in [0.717, 1.165) is 38.7 Å². The van der Waals surface area contributed by atoms with Gasteiger partial charge in [0, 0.05) is 42.3 Å². The maximum Gasteiger partial charge on any atom is 0.246 e. The minimum Gasteiger partial charge on any atom is -0.361 e. The van der Waals surface area contributed by atoms with Gasteiger partial charge in [-0.2, -0.15) is 0 Å². The van der Waals surface area contributed by atoms with Crippen LogP contribution in [0.5, 0.6) is 0 Å². The van der Waals surface area contributed by atoms with Gasteiger partial charge in [0.25, 0.3) is 0 Å². The normalized spacial score (nSPS) is 13.2. The molecule has 0 aliphatic carbocycles. The number of H-pyrrole nitrogens is 1. The molecule has 0 spiro atoms. The molecule has 0 radical (unpaired) electrons. The summed E-state index contributed by atoms with van der Waals surface area (Å²) in [4.78, 5) is 45.6. The molecule has 1 aliphatic rings. The van der Waals surface area contributed by atoms with Crippen molar-refractivity contribution in [2.75, 3.05) is 5.32 Å². The summed E-state index contributed by atoms with van der Waals surface area (Å²) < 4.78 is 0. The van der Waals surface area contributed by atoms with E-state index in [1.807, 2.05) is 109 Å². The quantitative estimate of drug-likeness (QED) is 0.167. The third-order valence-electron chi connectivity index (χ3n) is 8.32. The monoisotopic (exact) mass is 635 g/mol. The van der Waals surface area contributed by atoms with Crippen LogP contribution in [0.3, 0.4) is 0 Å². The molecule has 3 amide bonds. The summed E-state index contributed by atoms with van der Waals surface area (Å²) in [5.74, 6) is -1.19. The topological polar surface area (TPSA) is 120 Å². The molecule has 0 saturated heterocycles. The molecule has 46 heavy (non-hydrogen) atoms. The van der Waals surface area contributed by atoms with E-state index in [9.17, 15) is 14.4 Å². The number of para-hydroxylation sites is 1. The van der Waals surface area contributed by atoms with E-state index < -0.39 is 23.4 Å². The fourth-order valence-corrected chi connectivity index (χ4v) is 5.91. The number of aromatic nitrogens is 1. The van der Waals surface area contributed by atoms with Crippen LogP contribution in [0.1, 0.15) is 47.6 Å². The van der Waals surface area contributed by atoms with Crippen molar-refractivity contribution in [1.29, 1.82) is 0 Å². The van der Waals surface area contributed by atoms with Crippen LogP contribution in [0.4, 0.5) is 5.69 Å². The average Bonchev–Trinajstić information content (AvgIpc) is 3.65. The number of nitrogens with two attached hydrogens (primary N) is 1. The largest absolute Gasteiger partial charge is 0.361 e. The lowest BCUT2D eigenvalue weighted by molar-refractivity contribution is -0.138. The number of aromatic amines is 1. The van der Waals surface area contributed by atoms with Gasteiger partial charge in [0.05, 0.1) is 11.5 Å². The predicted octanol–water partition coefficient (Wildman–Crippen LogP) is 5.67. The second-order valence-electron chi connectivity index (χ2n) is 12.2. The van der Waals surface area contributed by atoms with E-state index in [2.05, 4.69) is 15.6 Å². The molecule has 1 aromatic heterocycles. The van der Waals surface area contributed by atoms with Gasteiger partial charge in [-0.3, -0.25) is 14.4 Å². The molecule has 5 N–H and O–H groups in total. The zero-order valence-electron chi connectivity index (χ0n) is 25.8. The van der Waals surface area contributed by atoms with Crippen LogP contribution in [-0.4, -0.2) is 39.2 Å². The highest BCUT2D eigenvalue weighted by Crippen LogP contribution is 2.30. The zero-order valence-corrected chi connectivity index (χ0v) is 26.6. The minimum absolute atomic E-state index is 0. The molecule has 236 valence electrons. The van der Waals surface area contributed by atoms with Crippen molar-refractivity contribution in [2.24, 2.45) is 5.73 Å². The summed E-state index contributed by atoms with van der Waals surface area (Å²) in [7, 11) is 0. The Hall–Kier alpha value is -4.92. The molecule has 0 bridgehead atoms. The summed E-state index contributed by atoms with van der Waals surface area (Å²) in [6, 6.07) is 32.3. The Morgan fingerprint density at radius 3 is 2.11 bits per heavy atom. The Balaban J connectivity index is 0.00000417. The van der Waals surface area contributed by atoms with Gasteiger partial charge in [-0.15, -0.1) is 12.4 Å². The summed E-state index contributed by atoms with van der Waals surface area (Å²) in [5, 5.41) is 7.03. The second kappa shape index (κ2) is 13.6. The van der Waals surface area contributed by atoms with Crippen molar-refractivity contribution in [3.8, 4) is 0 Å². The van der Waals surface area contributed by atoms with Gasteiger partial charge in [0.15, 0.2) is 0 Å². The van der Waals surface area contributed by atoms with Crippen LogP contribution in [0, 0.1) is 0 Å². The number of fused-ring (bicyclic) bond motifs is 2. The van der Waals surface area contributed by atoms with E-state index in [0.29, 0.717) is 25.2 Å². The Labute approximate surface area is 274 Å². The van der Waals surface area contributed by atoms with Crippen molar-refractivity contribution in [1.82, 2.24) is 15.2 Å². The summed E-state index contributed by atoms with van der Waals surface area (Å²) in [5.41, 5.74) is 11.3. The number of rotatable bonds is 9. The highest BCUT2D eigenvalue weighted by molar-refractivity contribution is 5.98. The first-order valence-corrected chi connectivity index (χ1v) is 15.1. The summed E-state index contributed by atoms with van der Waals surface area (Å²) in [6.07, 6.45) is 2.20. The molecule has 1 atom stereocenters. The minimum atomic E-state index is -1.14. The lowest BCUT2D eigenvalue weighted by atomic mass is 9.90. The van der Waals surface area contributed by atoms with Crippen LogP contribution in [0.25, 0.3) is 10.9 Å². The van der Waals surface area contributed by atoms with Crippen molar-refractivity contribution < 1.29 is 14.4 Å². The number of anilines is 1. The van der Waals surface area contributed by atoms with Crippen molar-refractivity contribution in [3.05, 3.63) is 137 Å². The number of nitrogens with one attached hydrogen (secondary N) is 3. The number of amides is 3. The lowest BCUT2D eigenvalue weighted by Crippen LogP contribution is -2.56. The Kier molecular flexibility index (Phi) is 9.60. The number of hydrogen-bond acceptors (Lipinski definition) is 4. The number of carbonyl (C=O) groups excluding carboxylic acids is 3. The van der Waals surface area contributed by atoms with Crippen LogP contribution >= 0.6 is 12.4 Å². The maximum atomic E-state index is 14.0. The van der Waals surface area contributed by atoms with Crippen molar-refractivity contribution >= 4 is 46.7 Å². The SMILES string of the molecule is CC(C)(N)C(=O)NC(Cc1c[nH]c2ccccc12)C(=O)N1Cc2ccc(NC(=O)C(c3ccccc3)c3ccccc3)cc2C1.Cl. The number of hydrogen-bond donors (Lipinski definition) is 4. The van der Waals surface area contributed by atoms with Gasteiger partial charge in [-0.05, 0) is 59.9 Å². The molecule has 6 rings (SSSR count). The molecule has 5 aromatic rings. The van der Waals surface area contributed by atoms with Crippen LogP contribution < -0.4 is 16.4 Å². The number of halogens is 1. The van der Waals surface area contributed by atoms with Gasteiger partial charge < -0.3 is 26.3 Å². The van der Waals surface area contributed by atoms with E-state index in [-0.39, 0.29) is 24.2 Å². The van der Waals surface area contributed by atoms with Gasteiger partial charge >= 0.3 is 0 Å². The highest BCUT2D eigenvalue weighted by atomic mass is 35.5. The molecule has 0 fully saturated rings. The number of benzene rings is 4. The number of nitrogens with zero attached hydrogens (tertiary/aromatic N) is 1. The number of carbonyl (C=O) groups is 3. The highest BCUT2D eigenvalue weighted by Gasteiger charge is 2.34. The van der Waals surface area contributed by atoms with E-state index in [1.54, 1.807) is 18.7 Å². The van der Waals surface area contributed by atoms with Gasteiger partial charge in [0.1, 0.15) is 6.04 Å². The smallest absolute Gasteiger partial charge is 0.246 e. The van der Waals surface area contributed by atoms with Crippen molar-refractivity contribution in [2.45, 2.75) is 50.9 Å². The molecule has 4 aromatic carbocycles. The summed E-state index contributed by atoms with van der Waals surface area (Å²) >= 11 is 0. The first kappa shape index (κ1) is 32.5. The Morgan fingerprint density at radius 1 is 0.848 bits per heavy atom. The molecule has 1 aliphatic heterocycles. The predicted molar refractivity (Wildman–Crippen MR) is 184 cm³/mol. The molecule has 9 heteroatoms. The van der Waals surface area contributed by atoms with Crippen LogP contribution in [-0.2, 0) is 33.9 Å². The van der Waals surface area contributed by atoms with E-state index in [1.165, 1.54) is 0 Å². The lowest BCUT2D eigenvalue weighted by Gasteiger charge is -2.27. The van der Waals surface area contributed by atoms with Crippen LogP contribution in [0.2, 0.25) is 0 Å². The fraction of sp³-hybridized carbons (Fsp3) is 0.216. The molecule has 1 unspecified atom stereocenters. The first-order chi connectivity index (χ1) is 21.7. The molecule has 8 nitrogen and oxygen atoms in total. The molecule has 2 heterocycles. The zero-order chi connectivity index (χ0) is 31.6. The van der Waals surface area contributed by atoms with E-state index >= 15 is 0 Å². The standard InChI is InChI=1S/C37H37N5O3.ClH/c1-37(2,38)36(45)41-32(20-27-21-39-31-16-10-9-15-30(27)31)35(44)42-22-26-17-18-29(19-28(26)23-42)40-34(43)33(24-11-5-3-6-12-24)25-13-7-4-8-14-25;/h3-19,21,32-33,39H,20,22-23,38H2,1-2H3,(H,40,43)(H,41,45);1H. The molecular formula is C37H38ClN5O3. The Bertz CT molecular complexity index is 1810. The third kappa shape index (κ3) is 6.98. The molecule has 0 saturated carbocycles. The van der Waals surface area contributed by atoms with E-state index in [4.69, 9.17) is 5.73 Å². The van der Waals surface area contributed by atoms with Crippen LogP contribution in [0.15, 0.2) is 109 Å². The maximum absolute atomic E-state index is 14.0. The third-order valence-corrected chi connectivity index (χ3v) is 8.32. The summed E-state index contributed by atoms with van der Waals surface area (Å²) in [6.45, 7) is 4.02. The average molecular weight is 636 g/mol. The van der Waals surface area contributed by atoms with Gasteiger partial charge in [-0.1, -0.05) is 84.9 Å². The van der Waals surface area contributed by atoms with Gasteiger partial charge in [0.2, 0.25) is 17.7 Å². The fourth-order valence-electron chi connectivity index (χ4n) is 5.91.